The quantitative estimate of drug-likeness (QED) is 0.535. The predicted molar refractivity (Wildman–Crippen MR) is 131 cm³/mol. The Morgan fingerprint density at radius 2 is 1.58 bits per heavy atom. The molecule has 0 aromatic carbocycles. The summed E-state index contributed by atoms with van der Waals surface area (Å²) in [5.74, 6) is 3.88. The Balaban J connectivity index is 1.51. The second-order valence-electron chi connectivity index (χ2n) is 9.65. The highest BCUT2D eigenvalue weighted by Crippen LogP contribution is 2.28. The van der Waals surface area contributed by atoms with Crippen molar-refractivity contribution in [3.8, 4) is 0 Å². The maximum absolute atomic E-state index is 5.65. The second-order valence-corrected chi connectivity index (χ2v) is 10.1. The normalized spacial score (nSPS) is 25.7. The van der Waals surface area contributed by atoms with E-state index in [1.165, 1.54) is 44.9 Å². The third kappa shape index (κ3) is 6.42. The fourth-order valence-corrected chi connectivity index (χ4v) is 5.45. The van der Waals surface area contributed by atoms with Crippen LogP contribution in [0.4, 0.5) is 17.6 Å². The second kappa shape index (κ2) is 10.8. The van der Waals surface area contributed by atoms with Crippen molar-refractivity contribution in [1.29, 1.82) is 0 Å². The van der Waals surface area contributed by atoms with E-state index in [-0.39, 0.29) is 0 Å². The summed E-state index contributed by atoms with van der Waals surface area (Å²) in [6.45, 7) is 9.92. The van der Waals surface area contributed by atoms with Gasteiger partial charge in [-0.1, -0.05) is 39.5 Å². The monoisotopic (exact) mass is 446 g/mol. The molecule has 1 aromatic rings. The SMILES string of the molecule is C[C@@H]1C[C@@H](C)CN(c2cc(N3CCOCC3)nc(NC(=S)NC3CCCCCC3)n2)C1. The molecule has 1 aromatic heterocycles. The Labute approximate surface area is 192 Å². The number of nitrogens with one attached hydrogen (secondary N) is 2. The molecule has 0 radical (unpaired) electrons. The van der Waals surface area contributed by atoms with Crippen LogP contribution >= 0.6 is 12.2 Å². The van der Waals surface area contributed by atoms with Crippen LogP contribution in [-0.2, 0) is 4.74 Å². The number of nitrogens with zero attached hydrogens (tertiary/aromatic N) is 4. The van der Waals surface area contributed by atoms with Crippen molar-refractivity contribution in [3.63, 3.8) is 0 Å². The van der Waals surface area contributed by atoms with Crippen molar-refractivity contribution in [1.82, 2.24) is 15.3 Å². The number of piperidine rings is 1. The molecule has 0 unspecified atom stereocenters. The molecule has 2 saturated heterocycles. The first kappa shape index (κ1) is 22.5. The maximum Gasteiger partial charge on any atom is 0.232 e. The van der Waals surface area contributed by atoms with Gasteiger partial charge in [-0.3, -0.25) is 0 Å². The third-order valence-electron chi connectivity index (χ3n) is 6.64. The summed E-state index contributed by atoms with van der Waals surface area (Å²) in [6, 6.07) is 2.59. The van der Waals surface area contributed by atoms with Crippen LogP contribution in [0.3, 0.4) is 0 Å². The van der Waals surface area contributed by atoms with Crippen LogP contribution < -0.4 is 20.4 Å². The van der Waals surface area contributed by atoms with Gasteiger partial charge in [-0.25, -0.2) is 0 Å². The van der Waals surface area contributed by atoms with E-state index >= 15 is 0 Å². The molecule has 0 amide bonds. The zero-order valence-corrected chi connectivity index (χ0v) is 19.9. The number of thiocarbonyl (C=S) groups is 1. The van der Waals surface area contributed by atoms with Gasteiger partial charge in [0.1, 0.15) is 11.6 Å². The topological polar surface area (TPSA) is 65.6 Å². The Morgan fingerprint density at radius 3 is 2.23 bits per heavy atom. The average molecular weight is 447 g/mol. The van der Waals surface area contributed by atoms with Crippen LogP contribution in [0.1, 0.15) is 58.8 Å². The largest absolute Gasteiger partial charge is 0.378 e. The molecule has 0 spiro atoms. The number of anilines is 3. The number of hydrogen-bond donors (Lipinski definition) is 2. The summed E-state index contributed by atoms with van der Waals surface area (Å²) in [5, 5.41) is 7.45. The zero-order valence-electron chi connectivity index (χ0n) is 19.1. The van der Waals surface area contributed by atoms with Crippen LogP contribution in [-0.4, -0.2) is 60.5 Å². The predicted octanol–water partition coefficient (Wildman–Crippen LogP) is 3.80. The van der Waals surface area contributed by atoms with Crippen molar-refractivity contribution in [2.24, 2.45) is 11.8 Å². The molecule has 2 N–H and O–H groups in total. The minimum Gasteiger partial charge on any atom is -0.378 e. The fourth-order valence-electron chi connectivity index (χ4n) is 5.19. The Bertz CT molecular complexity index is 723. The lowest BCUT2D eigenvalue weighted by atomic mass is 9.92. The smallest absolute Gasteiger partial charge is 0.232 e. The highest BCUT2D eigenvalue weighted by atomic mass is 32.1. The van der Waals surface area contributed by atoms with E-state index < -0.39 is 0 Å². The lowest BCUT2D eigenvalue weighted by Gasteiger charge is -2.36. The summed E-state index contributed by atoms with van der Waals surface area (Å²) in [7, 11) is 0. The van der Waals surface area contributed by atoms with E-state index in [0.717, 1.165) is 51.0 Å². The summed E-state index contributed by atoms with van der Waals surface area (Å²) >= 11 is 5.65. The summed E-state index contributed by atoms with van der Waals surface area (Å²) < 4.78 is 5.54. The molecule has 8 heteroatoms. The molecular weight excluding hydrogens is 408 g/mol. The number of aromatic nitrogens is 2. The molecule has 0 bridgehead atoms. The van der Waals surface area contributed by atoms with E-state index in [1.807, 2.05) is 0 Å². The van der Waals surface area contributed by atoms with Gasteiger partial charge in [0.25, 0.3) is 0 Å². The molecular formula is C23H38N6OS. The number of morpholine rings is 1. The lowest BCUT2D eigenvalue weighted by Crippen LogP contribution is -2.41. The van der Waals surface area contributed by atoms with Gasteiger partial charge >= 0.3 is 0 Å². The van der Waals surface area contributed by atoms with Gasteiger partial charge in [0.05, 0.1) is 13.2 Å². The standard InChI is InChI=1S/C23H38N6OS/c1-17-13-18(2)16-29(15-17)21-14-20(28-9-11-30-12-10-28)25-22(26-21)27-23(31)24-19-7-5-3-4-6-8-19/h14,17-19H,3-13,15-16H2,1-2H3,(H2,24,25,26,27,31)/t17-,18-/m1/s1. The minimum atomic E-state index is 0.452. The molecule has 3 aliphatic rings. The fraction of sp³-hybridized carbons (Fsp3) is 0.783. The first-order chi connectivity index (χ1) is 15.1. The summed E-state index contributed by atoms with van der Waals surface area (Å²) in [4.78, 5) is 14.4. The van der Waals surface area contributed by atoms with E-state index in [4.69, 9.17) is 26.9 Å². The molecule has 1 aliphatic carbocycles. The van der Waals surface area contributed by atoms with Gasteiger partial charge in [-0.15, -0.1) is 0 Å². The molecule has 7 nitrogen and oxygen atoms in total. The van der Waals surface area contributed by atoms with E-state index in [1.54, 1.807) is 0 Å². The van der Waals surface area contributed by atoms with E-state index in [2.05, 4.69) is 40.3 Å². The first-order valence-electron chi connectivity index (χ1n) is 12.1. The van der Waals surface area contributed by atoms with Crippen molar-refractivity contribution < 1.29 is 4.74 Å². The van der Waals surface area contributed by atoms with Gasteiger partial charge in [-0.2, -0.15) is 9.97 Å². The molecule has 3 heterocycles. The Morgan fingerprint density at radius 1 is 0.968 bits per heavy atom. The van der Waals surface area contributed by atoms with E-state index in [0.29, 0.717) is 28.9 Å². The lowest BCUT2D eigenvalue weighted by molar-refractivity contribution is 0.122. The number of ether oxygens (including phenoxy) is 1. The van der Waals surface area contributed by atoms with Gasteiger partial charge < -0.3 is 25.2 Å². The minimum absolute atomic E-state index is 0.452. The number of hydrogen-bond acceptors (Lipinski definition) is 6. The molecule has 3 fully saturated rings. The highest BCUT2D eigenvalue weighted by Gasteiger charge is 2.25. The average Bonchev–Trinajstić information content (AvgIpc) is 3.02. The zero-order chi connectivity index (χ0) is 21.6. The van der Waals surface area contributed by atoms with Gasteiger partial charge in [0, 0.05) is 38.3 Å². The Hall–Kier alpha value is -1.67. The van der Waals surface area contributed by atoms with Crippen LogP contribution in [0.5, 0.6) is 0 Å². The first-order valence-corrected chi connectivity index (χ1v) is 12.5. The molecule has 4 rings (SSSR count). The third-order valence-corrected chi connectivity index (χ3v) is 6.86. The maximum atomic E-state index is 5.65. The van der Waals surface area contributed by atoms with Gasteiger partial charge in [0.2, 0.25) is 5.95 Å². The highest BCUT2D eigenvalue weighted by molar-refractivity contribution is 7.80. The van der Waals surface area contributed by atoms with Crippen LogP contribution in [0.15, 0.2) is 6.07 Å². The van der Waals surface area contributed by atoms with Crippen LogP contribution in [0.2, 0.25) is 0 Å². The van der Waals surface area contributed by atoms with Crippen LogP contribution in [0.25, 0.3) is 0 Å². The molecule has 31 heavy (non-hydrogen) atoms. The van der Waals surface area contributed by atoms with Gasteiger partial charge in [-0.05, 0) is 43.3 Å². The van der Waals surface area contributed by atoms with Crippen molar-refractivity contribution in [2.75, 3.05) is 54.5 Å². The molecule has 2 aliphatic heterocycles. The summed E-state index contributed by atoms with van der Waals surface area (Å²) in [6.07, 6.45) is 8.87. The number of rotatable bonds is 4. The summed E-state index contributed by atoms with van der Waals surface area (Å²) in [5.41, 5.74) is 0. The van der Waals surface area contributed by atoms with Crippen molar-refractivity contribution >= 4 is 34.9 Å². The molecule has 2 atom stereocenters. The molecule has 1 saturated carbocycles. The Kier molecular flexibility index (Phi) is 7.82. The molecule has 172 valence electrons. The van der Waals surface area contributed by atoms with Gasteiger partial charge in [0.15, 0.2) is 5.11 Å². The van der Waals surface area contributed by atoms with Crippen molar-refractivity contribution in [3.05, 3.63) is 6.07 Å². The van der Waals surface area contributed by atoms with Crippen molar-refractivity contribution in [2.45, 2.75) is 64.8 Å². The van der Waals surface area contributed by atoms with Crippen LogP contribution in [0, 0.1) is 11.8 Å². The van der Waals surface area contributed by atoms with E-state index in [9.17, 15) is 0 Å².